The van der Waals surface area contributed by atoms with E-state index in [1.54, 1.807) is 19.1 Å². The molecule has 4 rings (SSSR count). The van der Waals surface area contributed by atoms with Crippen molar-refractivity contribution in [3.8, 4) is 0 Å². The fourth-order valence-corrected chi connectivity index (χ4v) is 6.87. The highest BCUT2D eigenvalue weighted by Gasteiger charge is 2.28. The van der Waals surface area contributed by atoms with E-state index in [9.17, 15) is 18.0 Å². The summed E-state index contributed by atoms with van der Waals surface area (Å²) >= 11 is 1.29. The van der Waals surface area contributed by atoms with Crippen molar-refractivity contribution in [2.24, 2.45) is 10.9 Å². The number of thiazole rings is 1. The lowest BCUT2D eigenvalue weighted by Gasteiger charge is -2.29. The average molecular weight is 560 g/mol. The van der Waals surface area contributed by atoms with Crippen molar-refractivity contribution in [2.75, 3.05) is 32.9 Å². The number of piperidine rings is 1. The SMILES string of the molecule is CCOCCn1c(=NC(=O)c2ccc(S(=O)(=O)N3CCC(C)CC3)cc2)sc2cc(C(=O)OCC)ccc21. The van der Waals surface area contributed by atoms with Crippen LogP contribution in [-0.4, -0.2) is 62.1 Å². The van der Waals surface area contributed by atoms with E-state index >= 15 is 0 Å². The Morgan fingerprint density at radius 2 is 1.71 bits per heavy atom. The van der Waals surface area contributed by atoms with Crippen LogP contribution in [0.2, 0.25) is 0 Å². The van der Waals surface area contributed by atoms with Crippen molar-refractivity contribution in [2.45, 2.75) is 45.1 Å². The van der Waals surface area contributed by atoms with Gasteiger partial charge in [-0.1, -0.05) is 18.3 Å². The first-order valence-electron chi connectivity index (χ1n) is 12.8. The molecule has 11 heteroatoms. The number of hydrogen-bond acceptors (Lipinski definition) is 7. The molecular weight excluding hydrogens is 526 g/mol. The standard InChI is InChI=1S/C27H33N3O6S2/c1-4-35-17-16-30-23-11-8-21(26(32)36-5-2)18-24(23)37-27(30)28-25(31)20-6-9-22(10-7-20)38(33,34)29-14-12-19(3)13-15-29/h6-11,18-19H,4-5,12-17H2,1-3H3. The topological polar surface area (TPSA) is 107 Å². The molecule has 1 aromatic heterocycles. The molecule has 3 aromatic rings. The summed E-state index contributed by atoms with van der Waals surface area (Å²) in [4.78, 5) is 30.3. The van der Waals surface area contributed by atoms with E-state index in [2.05, 4.69) is 11.9 Å². The van der Waals surface area contributed by atoms with E-state index < -0.39 is 21.9 Å². The van der Waals surface area contributed by atoms with Gasteiger partial charge in [0.15, 0.2) is 4.80 Å². The second-order valence-electron chi connectivity index (χ2n) is 9.16. The second-order valence-corrected chi connectivity index (χ2v) is 12.1. The Labute approximate surface area is 226 Å². The van der Waals surface area contributed by atoms with Gasteiger partial charge in [0.05, 0.1) is 33.9 Å². The van der Waals surface area contributed by atoms with Crippen molar-refractivity contribution < 1.29 is 27.5 Å². The fourth-order valence-electron chi connectivity index (χ4n) is 4.31. The van der Waals surface area contributed by atoms with Gasteiger partial charge in [-0.3, -0.25) is 4.79 Å². The molecule has 1 amide bonds. The van der Waals surface area contributed by atoms with Crippen LogP contribution in [0.5, 0.6) is 0 Å². The van der Waals surface area contributed by atoms with Gasteiger partial charge in [-0.15, -0.1) is 0 Å². The fraction of sp³-hybridized carbons (Fsp3) is 0.444. The molecule has 0 aliphatic carbocycles. The molecule has 1 aliphatic heterocycles. The highest BCUT2D eigenvalue weighted by Crippen LogP contribution is 2.24. The van der Waals surface area contributed by atoms with E-state index in [0.29, 0.717) is 49.1 Å². The Bertz CT molecular complexity index is 1470. The summed E-state index contributed by atoms with van der Waals surface area (Å²) in [5.74, 6) is -0.375. The van der Waals surface area contributed by atoms with Crippen molar-refractivity contribution in [1.82, 2.24) is 8.87 Å². The number of esters is 1. The van der Waals surface area contributed by atoms with Crippen LogP contribution in [0.3, 0.4) is 0 Å². The number of carbonyl (C=O) groups is 2. The van der Waals surface area contributed by atoms with Gasteiger partial charge in [-0.05, 0) is 75.1 Å². The summed E-state index contributed by atoms with van der Waals surface area (Å²) in [6, 6.07) is 11.2. The van der Waals surface area contributed by atoms with Crippen molar-refractivity contribution in [1.29, 1.82) is 0 Å². The van der Waals surface area contributed by atoms with Crippen LogP contribution in [-0.2, 0) is 26.0 Å². The van der Waals surface area contributed by atoms with E-state index in [4.69, 9.17) is 9.47 Å². The van der Waals surface area contributed by atoms with Gasteiger partial charge < -0.3 is 14.0 Å². The first kappa shape index (κ1) is 28.2. The predicted octanol–water partition coefficient (Wildman–Crippen LogP) is 4.08. The van der Waals surface area contributed by atoms with Crippen LogP contribution < -0.4 is 4.80 Å². The minimum atomic E-state index is -3.60. The number of benzene rings is 2. The van der Waals surface area contributed by atoms with Gasteiger partial charge in [0.1, 0.15) is 0 Å². The lowest BCUT2D eigenvalue weighted by molar-refractivity contribution is 0.0526. The van der Waals surface area contributed by atoms with E-state index in [1.165, 1.54) is 39.9 Å². The number of nitrogens with zero attached hydrogens (tertiary/aromatic N) is 3. The van der Waals surface area contributed by atoms with Crippen LogP contribution in [0.4, 0.5) is 0 Å². The molecule has 1 fully saturated rings. The van der Waals surface area contributed by atoms with Crippen LogP contribution in [0.15, 0.2) is 52.4 Å². The first-order valence-corrected chi connectivity index (χ1v) is 15.1. The summed E-state index contributed by atoms with van der Waals surface area (Å²) in [7, 11) is -3.60. The Morgan fingerprint density at radius 1 is 1.03 bits per heavy atom. The number of ether oxygens (including phenoxy) is 2. The zero-order valence-electron chi connectivity index (χ0n) is 21.9. The summed E-state index contributed by atoms with van der Waals surface area (Å²) < 4.78 is 40.9. The smallest absolute Gasteiger partial charge is 0.338 e. The quantitative estimate of drug-likeness (QED) is 0.289. The molecule has 0 unspecified atom stereocenters. The molecular formula is C27H33N3O6S2. The van der Waals surface area contributed by atoms with Gasteiger partial charge in [-0.25, -0.2) is 13.2 Å². The Kier molecular flexibility index (Phi) is 9.14. The van der Waals surface area contributed by atoms with Gasteiger partial charge >= 0.3 is 5.97 Å². The zero-order chi connectivity index (χ0) is 27.3. The van der Waals surface area contributed by atoms with Crippen LogP contribution >= 0.6 is 11.3 Å². The van der Waals surface area contributed by atoms with Crippen LogP contribution in [0, 0.1) is 5.92 Å². The number of hydrogen-bond donors (Lipinski definition) is 0. The van der Waals surface area contributed by atoms with E-state index in [-0.39, 0.29) is 17.1 Å². The maximum atomic E-state index is 13.1. The molecule has 9 nitrogen and oxygen atoms in total. The van der Waals surface area contributed by atoms with Crippen LogP contribution in [0.25, 0.3) is 10.2 Å². The van der Waals surface area contributed by atoms with Crippen molar-refractivity contribution in [3.05, 3.63) is 58.4 Å². The Hall–Kier alpha value is -2.86. The van der Waals surface area contributed by atoms with Crippen molar-refractivity contribution >= 4 is 43.5 Å². The highest BCUT2D eigenvalue weighted by atomic mass is 32.2. The maximum absolute atomic E-state index is 13.1. The zero-order valence-corrected chi connectivity index (χ0v) is 23.5. The average Bonchev–Trinajstić information content (AvgIpc) is 3.25. The van der Waals surface area contributed by atoms with Gasteiger partial charge in [0.2, 0.25) is 10.0 Å². The predicted molar refractivity (Wildman–Crippen MR) is 146 cm³/mol. The minimum Gasteiger partial charge on any atom is -0.462 e. The number of fused-ring (bicyclic) bond motifs is 1. The molecule has 1 saturated heterocycles. The molecule has 2 heterocycles. The molecule has 1 aliphatic rings. The molecule has 0 N–H and O–H groups in total. The largest absolute Gasteiger partial charge is 0.462 e. The number of carbonyl (C=O) groups excluding carboxylic acids is 2. The van der Waals surface area contributed by atoms with Gasteiger partial charge in [0.25, 0.3) is 5.91 Å². The molecule has 2 aromatic carbocycles. The molecule has 0 spiro atoms. The summed E-state index contributed by atoms with van der Waals surface area (Å²) in [6.07, 6.45) is 1.68. The molecule has 0 saturated carbocycles. The lowest BCUT2D eigenvalue weighted by Crippen LogP contribution is -2.37. The molecule has 38 heavy (non-hydrogen) atoms. The molecule has 0 bridgehead atoms. The minimum absolute atomic E-state index is 0.170. The van der Waals surface area contributed by atoms with Crippen molar-refractivity contribution in [3.63, 3.8) is 0 Å². The first-order chi connectivity index (χ1) is 18.2. The third kappa shape index (κ3) is 6.23. The number of aromatic nitrogens is 1. The molecule has 0 atom stereocenters. The van der Waals surface area contributed by atoms with E-state index in [0.717, 1.165) is 23.1 Å². The third-order valence-corrected chi connectivity index (χ3v) is 9.49. The second kappa shape index (κ2) is 12.3. The van der Waals surface area contributed by atoms with Gasteiger partial charge in [-0.2, -0.15) is 9.30 Å². The van der Waals surface area contributed by atoms with Gasteiger partial charge in [0, 0.05) is 31.8 Å². The summed E-state index contributed by atoms with van der Waals surface area (Å²) in [6.45, 7) is 8.55. The normalized spacial score (nSPS) is 15.7. The van der Waals surface area contributed by atoms with Crippen LogP contribution in [0.1, 0.15) is 54.3 Å². The number of sulfonamides is 1. The summed E-state index contributed by atoms with van der Waals surface area (Å²) in [5, 5.41) is 0. The number of amides is 1. The highest BCUT2D eigenvalue weighted by molar-refractivity contribution is 7.89. The molecule has 204 valence electrons. The lowest BCUT2D eigenvalue weighted by atomic mass is 10.0. The number of rotatable bonds is 9. The maximum Gasteiger partial charge on any atom is 0.338 e. The Morgan fingerprint density at radius 3 is 2.37 bits per heavy atom. The van der Waals surface area contributed by atoms with E-state index in [1.807, 2.05) is 17.6 Å². The summed E-state index contributed by atoms with van der Waals surface area (Å²) in [5.41, 5.74) is 1.54. The molecule has 0 radical (unpaired) electrons. The monoisotopic (exact) mass is 559 g/mol. The third-order valence-electron chi connectivity index (χ3n) is 6.54. The Balaban J connectivity index is 1.63.